The van der Waals surface area contributed by atoms with Crippen molar-refractivity contribution in [1.29, 1.82) is 0 Å². The zero-order chi connectivity index (χ0) is 20.6. The number of furan rings is 1. The van der Waals surface area contributed by atoms with Crippen LogP contribution in [-0.2, 0) is 19.1 Å². The fourth-order valence-electron chi connectivity index (χ4n) is 5.74. The van der Waals surface area contributed by atoms with Crippen LogP contribution >= 0.6 is 11.3 Å². The number of ether oxygens (including phenoxy) is 1. The van der Waals surface area contributed by atoms with Gasteiger partial charge in [0, 0.05) is 23.9 Å². The Labute approximate surface area is 175 Å². The number of rotatable bonds is 3. The molecule has 30 heavy (non-hydrogen) atoms. The Kier molecular flexibility index (Phi) is 3.67. The van der Waals surface area contributed by atoms with E-state index < -0.39 is 41.5 Å². The molecule has 1 spiro atoms. The number of piperidine rings is 1. The lowest BCUT2D eigenvalue weighted by atomic mass is 9.70. The highest BCUT2D eigenvalue weighted by Gasteiger charge is 2.74. The van der Waals surface area contributed by atoms with Crippen molar-refractivity contribution in [3.8, 4) is 0 Å². The normalized spacial score (nSPS) is 38.8. The third-order valence-electron chi connectivity index (χ3n) is 6.92. The van der Waals surface area contributed by atoms with E-state index in [9.17, 15) is 14.4 Å². The molecule has 0 radical (unpaired) electrons. The van der Waals surface area contributed by atoms with Gasteiger partial charge in [-0.3, -0.25) is 14.4 Å². The average Bonchev–Trinajstić information content (AvgIpc) is 3.52. The molecule has 2 aromatic rings. The molecule has 7 atom stereocenters. The molecule has 9 heteroatoms. The molecule has 4 aliphatic heterocycles. The van der Waals surface area contributed by atoms with E-state index >= 15 is 0 Å². The van der Waals surface area contributed by atoms with E-state index in [1.807, 2.05) is 19.1 Å². The van der Waals surface area contributed by atoms with Gasteiger partial charge in [0.1, 0.15) is 17.1 Å². The van der Waals surface area contributed by atoms with Gasteiger partial charge in [-0.2, -0.15) is 0 Å². The van der Waals surface area contributed by atoms with Gasteiger partial charge in [-0.25, -0.2) is 4.98 Å². The Morgan fingerprint density at radius 2 is 2.27 bits per heavy atom. The van der Waals surface area contributed by atoms with E-state index in [1.165, 1.54) is 11.3 Å². The molecule has 0 aliphatic carbocycles. The lowest BCUT2D eigenvalue weighted by molar-refractivity contribution is -0.147. The maximum absolute atomic E-state index is 13.7. The van der Waals surface area contributed by atoms with Crippen molar-refractivity contribution in [2.75, 3.05) is 5.32 Å². The van der Waals surface area contributed by atoms with Gasteiger partial charge in [0.2, 0.25) is 11.8 Å². The standard InChI is InChI=1S/C21H19N3O5S/c1-10-12(25)9-11(13-3-2-7-28-13)24-17(10)21-5-4-14(29-21)15(16(21)19(24)27)18(26)23-20-22-6-8-30-20/h2-8,10-11,14-17H,9H2,1H3,(H,22,23,26)/t10?,11?,14-,15?,16?,17?,21+/m1/s1. The smallest absolute Gasteiger partial charge is 0.233 e. The lowest BCUT2D eigenvalue weighted by Gasteiger charge is -2.43. The Bertz CT molecular complexity index is 1060. The third-order valence-corrected chi connectivity index (χ3v) is 7.61. The number of aromatic nitrogens is 1. The number of hydrogen-bond acceptors (Lipinski definition) is 7. The van der Waals surface area contributed by atoms with Crippen LogP contribution in [0.3, 0.4) is 0 Å². The number of anilines is 1. The van der Waals surface area contributed by atoms with Gasteiger partial charge >= 0.3 is 0 Å². The van der Waals surface area contributed by atoms with Crippen LogP contribution in [0.25, 0.3) is 0 Å². The van der Waals surface area contributed by atoms with Gasteiger partial charge in [0.25, 0.3) is 0 Å². The van der Waals surface area contributed by atoms with E-state index in [0.29, 0.717) is 10.9 Å². The molecule has 0 aromatic carbocycles. The zero-order valence-corrected chi connectivity index (χ0v) is 16.9. The van der Waals surface area contributed by atoms with Gasteiger partial charge in [-0.05, 0) is 12.1 Å². The first-order valence-electron chi connectivity index (χ1n) is 9.97. The van der Waals surface area contributed by atoms with E-state index in [0.717, 1.165) is 0 Å². The third kappa shape index (κ3) is 2.19. The first-order valence-corrected chi connectivity index (χ1v) is 10.8. The van der Waals surface area contributed by atoms with Crippen molar-refractivity contribution in [3.05, 3.63) is 47.9 Å². The summed E-state index contributed by atoms with van der Waals surface area (Å²) in [5.74, 6) is -1.54. The highest BCUT2D eigenvalue weighted by molar-refractivity contribution is 7.13. The molecule has 2 bridgehead atoms. The van der Waals surface area contributed by atoms with Crippen LogP contribution < -0.4 is 5.32 Å². The van der Waals surface area contributed by atoms with Crippen molar-refractivity contribution >= 4 is 34.1 Å². The Hall–Kier alpha value is -2.78. The predicted molar refractivity (Wildman–Crippen MR) is 105 cm³/mol. The molecule has 6 rings (SSSR count). The summed E-state index contributed by atoms with van der Waals surface area (Å²) in [4.78, 5) is 45.6. The minimum Gasteiger partial charge on any atom is -0.467 e. The average molecular weight is 425 g/mol. The topological polar surface area (TPSA) is 102 Å². The number of hydrogen-bond donors (Lipinski definition) is 1. The lowest BCUT2D eigenvalue weighted by Crippen LogP contribution is -2.55. The number of nitrogens with one attached hydrogen (secondary N) is 1. The van der Waals surface area contributed by atoms with Crippen molar-refractivity contribution in [2.24, 2.45) is 17.8 Å². The van der Waals surface area contributed by atoms with Crippen LogP contribution in [0.15, 0.2) is 46.5 Å². The maximum atomic E-state index is 13.7. The second-order valence-electron chi connectivity index (χ2n) is 8.31. The summed E-state index contributed by atoms with van der Waals surface area (Å²) in [7, 11) is 0. The molecule has 0 saturated carbocycles. The van der Waals surface area contributed by atoms with Crippen molar-refractivity contribution in [2.45, 2.75) is 37.1 Å². The van der Waals surface area contributed by atoms with Crippen LogP contribution in [0.5, 0.6) is 0 Å². The molecule has 3 fully saturated rings. The predicted octanol–water partition coefficient (Wildman–Crippen LogP) is 2.18. The number of amides is 2. The summed E-state index contributed by atoms with van der Waals surface area (Å²) < 4.78 is 11.9. The van der Waals surface area contributed by atoms with E-state index in [-0.39, 0.29) is 24.0 Å². The SMILES string of the molecule is CC1C(=O)CC(c2ccco2)N2C(=O)C3C(C(=O)Nc4nccs4)[C@H]4C=C[C@@]3(O4)C12. The zero-order valence-electron chi connectivity index (χ0n) is 16.1. The molecule has 2 amide bonds. The second-order valence-corrected chi connectivity index (χ2v) is 9.20. The Morgan fingerprint density at radius 1 is 1.40 bits per heavy atom. The monoisotopic (exact) mass is 425 g/mol. The first kappa shape index (κ1) is 18.0. The second kappa shape index (κ2) is 6.12. The van der Waals surface area contributed by atoms with Gasteiger partial charge < -0.3 is 19.4 Å². The molecule has 2 aromatic heterocycles. The van der Waals surface area contributed by atoms with E-state index in [2.05, 4.69) is 10.3 Å². The van der Waals surface area contributed by atoms with Crippen molar-refractivity contribution in [1.82, 2.24) is 9.88 Å². The molecule has 154 valence electrons. The molecule has 6 heterocycles. The van der Waals surface area contributed by atoms with Crippen LogP contribution in [0.4, 0.5) is 5.13 Å². The summed E-state index contributed by atoms with van der Waals surface area (Å²) in [6.07, 6.45) is 6.61. The van der Waals surface area contributed by atoms with Crippen LogP contribution in [0.1, 0.15) is 25.1 Å². The van der Waals surface area contributed by atoms with Gasteiger partial charge in [-0.1, -0.05) is 19.1 Å². The number of carbonyl (C=O) groups excluding carboxylic acids is 3. The largest absolute Gasteiger partial charge is 0.467 e. The number of thiazole rings is 1. The summed E-state index contributed by atoms with van der Waals surface area (Å²) in [6.45, 7) is 1.84. The molecule has 3 saturated heterocycles. The minimum atomic E-state index is -0.979. The highest BCUT2D eigenvalue weighted by Crippen LogP contribution is 2.59. The van der Waals surface area contributed by atoms with Gasteiger partial charge in [0.05, 0.1) is 36.3 Å². The minimum absolute atomic E-state index is 0.0663. The number of carbonyl (C=O) groups is 3. The number of ketones is 1. The Balaban J connectivity index is 1.41. The van der Waals surface area contributed by atoms with Crippen LogP contribution in [0.2, 0.25) is 0 Å². The quantitative estimate of drug-likeness (QED) is 0.757. The van der Waals surface area contributed by atoms with E-state index in [1.54, 1.807) is 34.9 Å². The number of nitrogens with zero attached hydrogens (tertiary/aromatic N) is 2. The molecule has 5 unspecified atom stereocenters. The molecule has 4 aliphatic rings. The summed E-state index contributed by atoms with van der Waals surface area (Å²) in [5, 5.41) is 5.08. The van der Waals surface area contributed by atoms with Gasteiger partial charge in [-0.15, -0.1) is 11.3 Å². The maximum Gasteiger partial charge on any atom is 0.233 e. The highest BCUT2D eigenvalue weighted by atomic mass is 32.1. The number of Topliss-reactive ketones (excluding diaryl/α,β-unsaturated/α-hetero) is 1. The molecule has 1 N–H and O–H groups in total. The summed E-state index contributed by atoms with van der Waals surface area (Å²) in [5.41, 5.74) is -0.979. The van der Waals surface area contributed by atoms with Crippen molar-refractivity contribution in [3.63, 3.8) is 0 Å². The molecular formula is C21H19N3O5S. The van der Waals surface area contributed by atoms with E-state index in [4.69, 9.17) is 9.15 Å². The fraction of sp³-hybridized carbons (Fsp3) is 0.429. The summed E-state index contributed by atoms with van der Waals surface area (Å²) >= 11 is 1.32. The van der Waals surface area contributed by atoms with Crippen molar-refractivity contribution < 1.29 is 23.5 Å². The first-order chi connectivity index (χ1) is 14.5. The van der Waals surface area contributed by atoms with Crippen LogP contribution in [-0.4, -0.2) is 45.2 Å². The van der Waals surface area contributed by atoms with Crippen LogP contribution in [0, 0.1) is 17.8 Å². The summed E-state index contributed by atoms with van der Waals surface area (Å²) in [6, 6.07) is 2.58. The Morgan fingerprint density at radius 3 is 3.00 bits per heavy atom. The van der Waals surface area contributed by atoms with Gasteiger partial charge in [0.15, 0.2) is 5.13 Å². The number of fused-ring (bicyclic) bond motifs is 2. The molecular weight excluding hydrogens is 406 g/mol. The fourth-order valence-corrected chi connectivity index (χ4v) is 6.27. The molecule has 8 nitrogen and oxygen atoms in total.